The Morgan fingerprint density at radius 2 is 1.84 bits per heavy atom. The van der Waals surface area contributed by atoms with Gasteiger partial charge in [-0.05, 0) is 36.8 Å². The molecular weight excluding hydrogens is 421 g/mol. The van der Waals surface area contributed by atoms with E-state index in [4.69, 9.17) is 9.47 Å². The summed E-state index contributed by atoms with van der Waals surface area (Å²) in [6.45, 7) is 1.28. The summed E-state index contributed by atoms with van der Waals surface area (Å²) in [7, 11) is 2.92. The van der Waals surface area contributed by atoms with Crippen LogP contribution < -0.4 is 19.7 Å². The Labute approximate surface area is 182 Å². The van der Waals surface area contributed by atoms with Crippen molar-refractivity contribution in [3.8, 4) is 11.5 Å². The lowest BCUT2D eigenvalue weighted by Crippen LogP contribution is -2.43. The zero-order valence-electron chi connectivity index (χ0n) is 17.5. The molecule has 2 aliphatic heterocycles. The van der Waals surface area contributed by atoms with Crippen molar-refractivity contribution in [3.63, 3.8) is 0 Å². The number of nitrogens with one attached hydrogen (secondary N) is 1. The maximum absolute atomic E-state index is 13.7. The highest BCUT2D eigenvalue weighted by molar-refractivity contribution is 6.25. The summed E-state index contributed by atoms with van der Waals surface area (Å²) in [5, 5.41) is 11.4. The molecule has 1 fully saturated rings. The van der Waals surface area contributed by atoms with E-state index >= 15 is 0 Å². The van der Waals surface area contributed by atoms with Crippen molar-refractivity contribution >= 4 is 29.1 Å². The van der Waals surface area contributed by atoms with Crippen LogP contribution in [0.4, 0.5) is 15.8 Å². The van der Waals surface area contributed by atoms with Gasteiger partial charge in [-0.3, -0.25) is 19.4 Å². The molecule has 32 heavy (non-hydrogen) atoms. The molecule has 166 valence electrons. The summed E-state index contributed by atoms with van der Waals surface area (Å²) in [5.74, 6) is -1.30. The van der Waals surface area contributed by atoms with Gasteiger partial charge in [0.05, 0.1) is 19.9 Å². The largest absolute Gasteiger partial charge is 0.493 e. The molecule has 0 spiro atoms. The lowest BCUT2D eigenvalue weighted by atomic mass is 10.1. The van der Waals surface area contributed by atoms with Crippen LogP contribution in [0.5, 0.6) is 11.5 Å². The fourth-order valence-electron chi connectivity index (χ4n) is 3.59. The van der Waals surface area contributed by atoms with E-state index in [-0.39, 0.29) is 12.2 Å². The molecule has 2 heterocycles. The average Bonchev–Trinajstić information content (AvgIpc) is 3.29. The van der Waals surface area contributed by atoms with Crippen LogP contribution in [-0.2, 0) is 14.4 Å². The van der Waals surface area contributed by atoms with Gasteiger partial charge in [-0.1, -0.05) is 11.3 Å². The Morgan fingerprint density at radius 3 is 2.53 bits per heavy atom. The van der Waals surface area contributed by atoms with E-state index in [1.54, 1.807) is 25.1 Å². The Hall–Kier alpha value is -4.02. The quantitative estimate of drug-likeness (QED) is 0.687. The fraction of sp³-hybridized carbons (Fsp3) is 0.286. The van der Waals surface area contributed by atoms with Crippen molar-refractivity contribution in [1.82, 2.24) is 5.01 Å². The van der Waals surface area contributed by atoms with E-state index in [1.807, 2.05) is 0 Å². The number of fused-ring (bicyclic) bond motifs is 1. The van der Waals surface area contributed by atoms with Gasteiger partial charge in [-0.15, -0.1) is 0 Å². The van der Waals surface area contributed by atoms with Gasteiger partial charge in [0, 0.05) is 11.8 Å². The second kappa shape index (κ2) is 8.25. The first-order chi connectivity index (χ1) is 15.3. The van der Waals surface area contributed by atoms with Gasteiger partial charge in [0.1, 0.15) is 12.4 Å². The normalized spacial score (nSPS) is 19.4. The van der Waals surface area contributed by atoms with Crippen LogP contribution in [-0.4, -0.2) is 55.6 Å². The molecule has 1 N–H and O–H groups in total. The van der Waals surface area contributed by atoms with Crippen LogP contribution in [0, 0.1) is 12.7 Å². The Morgan fingerprint density at radius 1 is 1.09 bits per heavy atom. The van der Waals surface area contributed by atoms with Gasteiger partial charge in [-0.25, -0.2) is 9.29 Å². The molecule has 2 aliphatic rings. The fourth-order valence-corrected chi connectivity index (χ4v) is 3.59. The molecule has 0 aliphatic carbocycles. The number of nitrogens with zero attached hydrogens (tertiary/aromatic N) is 4. The minimum absolute atomic E-state index is 0.270. The number of hydrogen-bond acceptors (Lipinski definition) is 8. The molecule has 2 aromatic carbocycles. The van der Waals surface area contributed by atoms with Gasteiger partial charge in [0.15, 0.2) is 23.6 Å². The molecule has 0 radical (unpaired) electrons. The number of methoxy groups -OCH3 is 2. The SMILES string of the molecule is COc1ccc(N2C(=O)[C@@H]3N=NN(CC(=O)Nc4ccc(C)c(F)c4)[C@H]3C2=O)cc1OC. The first-order valence-corrected chi connectivity index (χ1v) is 9.67. The lowest BCUT2D eigenvalue weighted by Gasteiger charge is -2.20. The third kappa shape index (κ3) is 3.61. The van der Waals surface area contributed by atoms with E-state index in [0.29, 0.717) is 22.7 Å². The number of benzene rings is 2. The lowest BCUT2D eigenvalue weighted by molar-refractivity contribution is -0.123. The smallest absolute Gasteiger partial charge is 0.263 e. The number of rotatable bonds is 6. The van der Waals surface area contributed by atoms with Crippen molar-refractivity contribution in [2.75, 3.05) is 31.0 Å². The van der Waals surface area contributed by atoms with E-state index in [2.05, 4.69) is 15.7 Å². The summed E-state index contributed by atoms with van der Waals surface area (Å²) in [6, 6.07) is 6.84. The number of carbonyl (C=O) groups excluding carboxylic acids is 3. The van der Waals surface area contributed by atoms with Gasteiger partial charge in [0.2, 0.25) is 5.91 Å². The molecule has 2 atom stereocenters. The van der Waals surface area contributed by atoms with E-state index < -0.39 is 35.6 Å². The number of imide groups is 1. The second-order valence-corrected chi connectivity index (χ2v) is 7.26. The molecule has 0 bridgehead atoms. The molecule has 2 aromatic rings. The molecule has 10 nitrogen and oxygen atoms in total. The summed E-state index contributed by atoms with van der Waals surface area (Å²) in [4.78, 5) is 39.4. The van der Waals surface area contributed by atoms with Crippen molar-refractivity contribution < 1.29 is 28.2 Å². The first kappa shape index (κ1) is 21.2. The molecule has 0 aromatic heterocycles. The molecule has 4 rings (SSSR count). The predicted molar refractivity (Wildman–Crippen MR) is 111 cm³/mol. The third-order valence-corrected chi connectivity index (χ3v) is 5.24. The summed E-state index contributed by atoms with van der Waals surface area (Å²) in [5.41, 5.74) is 1.01. The number of halogens is 1. The van der Waals surface area contributed by atoms with E-state index in [0.717, 1.165) is 9.91 Å². The Balaban J connectivity index is 1.50. The number of amides is 3. The minimum atomic E-state index is -1.06. The molecule has 11 heteroatoms. The van der Waals surface area contributed by atoms with E-state index in [1.165, 1.54) is 32.4 Å². The summed E-state index contributed by atoms with van der Waals surface area (Å²) >= 11 is 0. The van der Waals surface area contributed by atoms with Gasteiger partial charge >= 0.3 is 0 Å². The minimum Gasteiger partial charge on any atom is -0.493 e. The number of aryl methyl sites for hydroxylation is 1. The van der Waals surface area contributed by atoms with Crippen LogP contribution >= 0.6 is 0 Å². The van der Waals surface area contributed by atoms with Crippen LogP contribution in [0.25, 0.3) is 0 Å². The monoisotopic (exact) mass is 441 g/mol. The average molecular weight is 441 g/mol. The Bertz CT molecular complexity index is 1140. The third-order valence-electron chi connectivity index (χ3n) is 5.24. The van der Waals surface area contributed by atoms with Crippen LogP contribution in [0.3, 0.4) is 0 Å². The van der Waals surface area contributed by atoms with Crippen LogP contribution in [0.1, 0.15) is 5.56 Å². The first-order valence-electron chi connectivity index (χ1n) is 9.67. The number of ether oxygens (including phenoxy) is 2. The van der Waals surface area contributed by atoms with Gasteiger partial charge in [0.25, 0.3) is 11.8 Å². The van der Waals surface area contributed by atoms with Gasteiger partial charge < -0.3 is 14.8 Å². The maximum atomic E-state index is 13.7. The van der Waals surface area contributed by atoms with Crippen LogP contribution in [0.15, 0.2) is 46.7 Å². The van der Waals surface area contributed by atoms with Crippen molar-refractivity contribution in [2.24, 2.45) is 10.3 Å². The molecule has 3 amide bonds. The molecule has 1 saturated heterocycles. The highest BCUT2D eigenvalue weighted by atomic mass is 19.1. The summed E-state index contributed by atoms with van der Waals surface area (Å²) < 4.78 is 24.1. The predicted octanol–water partition coefficient (Wildman–Crippen LogP) is 2.08. The highest BCUT2D eigenvalue weighted by Gasteiger charge is 2.55. The highest BCUT2D eigenvalue weighted by Crippen LogP contribution is 2.36. The maximum Gasteiger partial charge on any atom is 0.263 e. The van der Waals surface area contributed by atoms with Crippen molar-refractivity contribution in [3.05, 3.63) is 47.8 Å². The van der Waals surface area contributed by atoms with E-state index in [9.17, 15) is 18.8 Å². The standard InChI is InChI=1S/C21H20FN5O5/c1-11-4-5-12(8-14(11)22)23-17(28)10-26-19-18(24-25-26)20(29)27(21(19)30)13-6-7-15(31-2)16(9-13)32-3/h4-9,18-19H,10H2,1-3H3,(H,23,28)/t18-,19-/m1/s1. The number of carbonyl (C=O) groups is 3. The Kier molecular flexibility index (Phi) is 5.47. The molecule has 0 saturated carbocycles. The van der Waals surface area contributed by atoms with Crippen LogP contribution in [0.2, 0.25) is 0 Å². The molecular formula is C21H20FN5O5. The second-order valence-electron chi connectivity index (χ2n) is 7.26. The molecule has 0 unspecified atom stereocenters. The zero-order chi connectivity index (χ0) is 23.0. The van der Waals surface area contributed by atoms with Gasteiger partial charge in [-0.2, -0.15) is 5.11 Å². The van der Waals surface area contributed by atoms with Crippen molar-refractivity contribution in [2.45, 2.75) is 19.0 Å². The van der Waals surface area contributed by atoms with Crippen molar-refractivity contribution in [1.29, 1.82) is 0 Å². The number of anilines is 2. The number of hydrogen-bond donors (Lipinski definition) is 1. The zero-order valence-corrected chi connectivity index (χ0v) is 17.5. The summed E-state index contributed by atoms with van der Waals surface area (Å²) in [6.07, 6.45) is 0. The topological polar surface area (TPSA) is 113 Å².